The summed E-state index contributed by atoms with van der Waals surface area (Å²) in [5.41, 5.74) is 1.67. The molecule has 5 heteroatoms. The van der Waals surface area contributed by atoms with Crippen LogP contribution in [0.25, 0.3) is 0 Å². The predicted molar refractivity (Wildman–Crippen MR) is 63.7 cm³/mol. The normalized spacial score (nSPS) is 16.6. The molecule has 0 aliphatic carbocycles. The van der Waals surface area contributed by atoms with Gasteiger partial charge >= 0.3 is 0 Å². The molecule has 1 aromatic heterocycles. The summed E-state index contributed by atoms with van der Waals surface area (Å²) >= 11 is 0. The summed E-state index contributed by atoms with van der Waals surface area (Å²) < 4.78 is 1.85. The smallest absolute Gasteiger partial charge is 0.270 e. The van der Waals surface area contributed by atoms with Crippen LogP contribution in [0.15, 0.2) is 12.1 Å². The molecule has 0 unspecified atom stereocenters. The second-order valence-electron chi connectivity index (χ2n) is 4.35. The van der Waals surface area contributed by atoms with Crippen LogP contribution < -0.4 is 5.32 Å². The van der Waals surface area contributed by atoms with Gasteiger partial charge in [0.25, 0.3) is 5.91 Å². The van der Waals surface area contributed by atoms with Crippen LogP contribution in [0.5, 0.6) is 0 Å². The summed E-state index contributed by atoms with van der Waals surface area (Å²) in [7, 11) is 1.86. The Bertz CT molecular complexity index is 451. The van der Waals surface area contributed by atoms with Crippen molar-refractivity contribution in [1.82, 2.24) is 14.8 Å². The van der Waals surface area contributed by atoms with Gasteiger partial charge < -0.3 is 14.8 Å². The van der Waals surface area contributed by atoms with Crippen LogP contribution in [0.2, 0.25) is 0 Å². The number of hydrogen-bond donors (Lipinski definition) is 1. The quantitative estimate of drug-likeness (QED) is 0.761. The van der Waals surface area contributed by atoms with E-state index in [9.17, 15) is 9.59 Å². The third-order valence-corrected chi connectivity index (χ3v) is 3.14. The lowest BCUT2D eigenvalue weighted by Gasteiger charge is -2.19. The van der Waals surface area contributed by atoms with Gasteiger partial charge in [-0.15, -0.1) is 0 Å². The molecule has 17 heavy (non-hydrogen) atoms. The number of hydrogen-bond acceptors (Lipinski definition) is 2. The lowest BCUT2D eigenvalue weighted by atomic mass is 10.3. The molecule has 0 bridgehead atoms. The summed E-state index contributed by atoms with van der Waals surface area (Å²) in [5, 5.41) is 2.76. The molecule has 0 saturated carbocycles. The molecule has 2 heterocycles. The van der Waals surface area contributed by atoms with Gasteiger partial charge in [0.05, 0.1) is 6.54 Å². The molecule has 1 fully saturated rings. The van der Waals surface area contributed by atoms with Gasteiger partial charge in [0.2, 0.25) is 5.91 Å². The van der Waals surface area contributed by atoms with Crippen LogP contribution in [0.1, 0.15) is 22.6 Å². The summed E-state index contributed by atoms with van der Waals surface area (Å²) in [6.45, 7) is 3.38. The van der Waals surface area contributed by atoms with Crippen molar-refractivity contribution in [3.05, 3.63) is 23.5 Å². The van der Waals surface area contributed by atoms with Crippen LogP contribution >= 0.6 is 0 Å². The number of rotatable bonds is 1. The first-order valence-electron chi connectivity index (χ1n) is 5.78. The Kier molecular flexibility index (Phi) is 3.17. The Labute approximate surface area is 100 Å². The number of carbonyl (C=O) groups is 2. The van der Waals surface area contributed by atoms with E-state index in [-0.39, 0.29) is 18.4 Å². The SMILES string of the molecule is Cc1ccc(C(=O)N2CCCNC(=O)C2)n1C. The molecule has 1 aliphatic heterocycles. The molecular weight excluding hydrogens is 218 g/mol. The van der Waals surface area contributed by atoms with Crippen molar-refractivity contribution in [2.45, 2.75) is 13.3 Å². The fourth-order valence-electron chi connectivity index (χ4n) is 1.97. The Morgan fingerprint density at radius 3 is 2.82 bits per heavy atom. The third-order valence-electron chi connectivity index (χ3n) is 3.14. The second-order valence-corrected chi connectivity index (χ2v) is 4.35. The van der Waals surface area contributed by atoms with E-state index in [1.54, 1.807) is 11.0 Å². The van der Waals surface area contributed by atoms with E-state index in [4.69, 9.17) is 0 Å². The Hall–Kier alpha value is -1.78. The number of carbonyl (C=O) groups excluding carboxylic acids is 2. The number of nitrogens with zero attached hydrogens (tertiary/aromatic N) is 2. The monoisotopic (exact) mass is 235 g/mol. The van der Waals surface area contributed by atoms with Crippen molar-refractivity contribution in [3.63, 3.8) is 0 Å². The minimum atomic E-state index is -0.0817. The average molecular weight is 235 g/mol. The lowest BCUT2D eigenvalue weighted by Crippen LogP contribution is -2.38. The largest absolute Gasteiger partial charge is 0.354 e. The molecule has 2 amide bonds. The fourth-order valence-corrected chi connectivity index (χ4v) is 1.97. The molecule has 1 aromatic rings. The van der Waals surface area contributed by atoms with Gasteiger partial charge in [0.1, 0.15) is 5.69 Å². The van der Waals surface area contributed by atoms with Gasteiger partial charge in [-0.1, -0.05) is 0 Å². The Balaban J connectivity index is 2.19. The highest BCUT2D eigenvalue weighted by Crippen LogP contribution is 2.10. The van der Waals surface area contributed by atoms with Crippen LogP contribution in [0, 0.1) is 6.92 Å². The van der Waals surface area contributed by atoms with E-state index in [2.05, 4.69) is 5.32 Å². The highest BCUT2D eigenvalue weighted by Gasteiger charge is 2.22. The first-order valence-corrected chi connectivity index (χ1v) is 5.78. The van der Waals surface area contributed by atoms with Crippen LogP contribution in [-0.4, -0.2) is 40.9 Å². The molecule has 0 aromatic carbocycles. The van der Waals surface area contributed by atoms with E-state index in [1.165, 1.54) is 0 Å². The Morgan fingerprint density at radius 2 is 2.18 bits per heavy atom. The molecule has 1 N–H and O–H groups in total. The predicted octanol–water partition coefficient (Wildman–Crippen LogP) is 0.296. The maximum Gasteiger partial charge on any atom is 0.270 e. The molecular formula is C12H17N3O2. The van der Waals surface area contributed by atoms with Gasteiger partial charge in [-0.05, 0) is 25.5 Å². The van der Waals surface area contributed by atoms with E-state index in [0.29, 0.717) is 18.8 Å². The maximum absolute atomic E-state index is 12.3. The van der Waals surface area contributed by atoms with E-state index in [1.807, 2.05) is 24.6 Å². The van der Waals surface area contributed by atoms with Crippen molar-refractivity contribution in [2.24, 2.45) is 7.05 Å². The van der Waals surface area contributed by atoms with E-state index in [0.717, 1.165) is 12.1 Å². The first kappa shape index (κ1) is 11.7. The first-order chi connectivity index (χ1) is 8.09. The van der Waals surface area contributed by atoms with Gasteiger partial charge in [0.15, 0.2) is 0 Å². The topological polar surface area (TPSA) is 54.3 Å². The maximum atomic E-state index is 12.3. The van der Waals surface area contributed by atoms with E-state index >= 15 is 0 Å². The zero-order chi connectivity index (χ0) is 12.4. The molecule has 0 atom stereocenters. The van der Waals surface area contributed by atoms with Crippen LogP contribution in [-0.2, 0) is 11.8 Å². The highest BCUT2D eigenvalue weighted by molar-refractivity contribution is 5.95. The number of amides is 2. The molecule has 5 nitrogen and oxygen atoms in total. The van der Waals surface area contributed by atoms with Crippen molar-refractivity contribution >= 4 is 11.8 Å². The molecule has 1 saturated heterocycles. The van der Waals surface area contributed by atoms with Gasteiger partial charge in [0, 0.05) is 25.8 Å². The number of aryl methyl sites for hydroxylation is 1. The average Bonchev–Trinajstić information content (AvgIpc) is 2.53. The summed E-state index contributed by atoms with van der Waals surface area (Å²) in [6, 6.07) is 3.71. The zero-order valence-electron chi connectivity index (χ0n) is 10.2. The number of aromatic nitrogens is 1. The van der Waals surface area contributed by atoms with Crippen molar-refractivity contribution in [3.8, 4) is 0 Å². The summed E-state index contributed by atoms with van der Waals surface area (Å²) in [5.74, 6) is -0.153. The minimum absolute atomic E-state index is 0.0716. The molecule has 1 aliphatic rings. The number of nitrogens with one attached hydrogen (secondary N) is 1. The molecule has 0 spiro atoms. The van der Waals surface area contributed by atoms with E-state index < -0.39 is 0 Å². The molecule has 2 rings (SSSR count). The van der Waals surface area contributed by atoms with Gasteiger partial charge in [-0.2, -0.15) is 0 Å². The minimum Gasteiger partial charge on any atom is -0.354 e. The third kappa shape index (κ3) is 2.33. The summed E-state index contributed by atoms with van der Waals surface area (Å²) in [6.07, 6.45) is 0.806. The van der Waals surface area contributed by atoms with Crippen molar-refractivity contribution in [1.29, 1.82) is 0 Å². The van der Waals surface area contributed by atoms with Crippen LogP contribution in [0.3, 0.4) is 0 Å². The van der Waals surface area contributed by atoms with Gasteiger partial charge in [-0.3, -0.25) is 9.59 Å². The lowest BCUT2D eigenvalue weighted by molar-refractivity contribution is -0.121. The molecule has 92 valence electrons. The zero-order valence-corrected chi connectivity index (χ0v) is 10.2. The standard InChI is InChI=1S/C12H17N3O2/c1-9-4-5-10(14(9)2)12(17)15-7-3-6-13-11(16)8-15/h4-5H,3,6-8H2,1-2H3,(H,13,16). The summed E-state index contributed by atoms with van der Waals surface area (Å²) in [4.78, 5) is 25.3. The van der Waals surface area contributed by atoms with Crippen LogP contribution in [0.4, 0.5) is 0 Å². The molecule has 0 radical (unpaired) electrons. The van der Waals surface area contributed by atoms with Crippen molar-refractivity contribution < 1.29 is 9.59 Å². The Morgan fingerprint density at radius 1 is 1.41 bits per heavy atom. The second kappa shape index (κ2) is 4.61. The fraction of sp³-hybridized carbons (Fsp3) is 0.500. The highest BCUT2D eigenvalue weighted by atomic mass is 16.2. The van der Waals surface area contributed by atoms with Crippen molar-refractivity contribution in [2.75, 3.05) is 19.6 Å². The van der Waals surface area contributed by atoms with Gasteiger partial charge in [-0.25, -0.2) is 0 Å².